The van der Waals surface area contributed by atoms with Crippen molar-refractivity contribution in [3.63, 3.8) is 0 Å². The van der Waals surface area contributed by atoms with Gasteiger partial charge in [-0.05, 0) is 24.3 Å². The molecule has 0 aromatic carbocycles. The number of anilines is 2. The average molecular weight is 242 g/mol. The molecule has 0 radical (unpaired) electrons. The molecule has 0 bridgehead atoms. The molecule has 0 amide bonds. The molecule has 0 fully saturated rings. The molecule has 0 unspecified atom stereocenters. The second-order valence-corrected chi connectivity index (χ2v) is 4.55. The Bertz CT molecular complexity index is 555. The number of fused-ring (bicyclic) bond motifs is 1. The Morgan fingerprint density at radius 3 is 2.82 bits per heavy atom. The van der Waals surface area contributed by atoms with E-state index in [1.807, 2.05) is 35.2 Å². The molecule has 17 heavy (non-hydrogen) atoms. The molecule has 0 spiro atoms. The SMILES string of the molecule is N=C1CSc2ncccc2N1c1ccccn1. The lowest BCUT2D eigenvalue weighted by Gasteiger charge is -2.29. The first-order valence-corrected chi connectivity index (χ1v) is 6.21. The quantitative estimate of drug-likeness (QED) is 0.835. The monoisotopic (exact) mass is 242 g/mol. The van der Waals surface area contributed by atoms with Gasteiger partial charge in [0.15, 0.2) is 0 Å². The molecule has 4 nitrogen and oxygen atoms in total. The van der Waals surface area contributed by atoms with Crippen LogP contribution in [0.5, 0.6) is 0 Å². The van der Waals surface area contributed by atoms with E-state index in [9.17, 15) is 0 Å². The number of nitrogens with one attached hydrogen (secondary N) is 1. The van der Waals surface area contributed by atoms with Crippen LogP contribution in [0.4, 0.5) is 11.5 Å². The summed E-state index contributed by atoms with van der Waals surface area (Å²) in [6.07, 6.45) is 3.51. The van der Waals surface area contributed by atoms with Crippen molar-refractivity contribution in [3.05, 3.63) is 42.7 Å². The third-order valence-corrected chi connectivity index (χ3v) is 3.49. The summed E-state index contributed by atoms with van der Waals surface area (Å²) in [5.41, 5.74) is 0.937. The Labute approximate surface area is 103 Å². The van der Waals surface area contributed by atoms with Crippen molar-refractivity contribution < 1.29 is 0 Å². The molecule has 1 aliphatic rings. The lowest BCUT2D eigenvalue weighted by atomic mass is 10.3. The third kappa shape index (κ3) is 1.78. The van der Waals surface area contributed by atoms with Crippen LogP contribution in [0.3, 0.4) is 0 Å². The Morgan fingerprint density at radius 2 is 2.00 bits per heavy atom. The van der Waals surface area contributed by atoms with Crippen molar-refractivity contribution >= 4 is 29.1 Å². The predicted molar refractivity (Wildman–Crippen MR) is 69.1 cm³/mol. The second-order valence-electron chi connectivity index (χ2n) is 3.59. The van der Waals surface area contributed by atoms with Crippen molar-refractivity contribution in [1.82, 2.24) is 9.97 Å². The van der Waals surface area contributed by atoms with E-state index in [4.69, 9.17) is 5.41 Å². The van der Waals surface area contributed by atoms with Crippen molar-refractivity contribution in [1.29, 1.82) is 5.41 Å². The van der Waals surface area contributed by atoms with E-state index in [1.54, 1.807) is 24.2 Å². The molecule has 2 aromatic rings. The average Bonchev–Trinajstić information content (AvgIpc) is 2.39. The molecule has 0 aliphatic carbocycles. The highest BCUT2D eigenvalue weighted by atomic mass is 32.2. The molecule has 0 saturated heterocycles. The summed E-state index contributed by atoms with van der Waals surface area (Å²) in [4.78, 5) is 10.5. The number of pyridine rings is 2. The Balaban J connectivity index is 2.13. The molecular formula is C12H10N4S. The first-order valence-electron chi connectivity index (χ1n) is 5.22. The summed E-state index contributed by atoms with van der Waals surface area (Å²) in [6.45, 7) is 0. The minimum absolute atomic E-state index is 0.536. The van der Waals surface area contributed by atoms with E-state index in [0.29, 0.717) is 11.6 Å². The fourth-order valence-electron chi connectivity index (χ4n) is 1.76. The Morgan fingerprint density at radius 1 is 1.12 bits per heavy atom. The minimum Gasteiger partial charge on any atom is -0.287 e. The fraction of sp³-hybridized carbons (Fsp3) is 0.0833. The molecule has 0 atom stereocenters. The highest BCUT2D eigenvalue weighted by Gasteiger charge is 2.24. The van der Waals surface area contributed by atoms with Gasteiger partial charge in [-0.2, -0.15) is 0 Å². The van der Waals surface area contributed by atoms with Crippen LogP contribution in [0.25, 0.3) is 0 Å². The van der Waals surface area contributed by atoms with Crippen LogP contribution in [0.2, 0.25) is 0 Å². The first kappa shape index (κ1) is 10.3. The third-order valence-electron chi connectivity index (χ3n) is 2.49. The number of hydrogen-bond acceptors (Lipinski definition) is 4. The van der Waals surface area contributed by atoms with Gasteiger partial charge in [-0.25, -0.2) is 9.97 Å². The van der Waals surface area contributed by atoms with Gasteiger partial charge < -0.3 is 0 Å². The number of rotatable bonds is 1. The van der Waals surface area contributed by atoms with Gasteiger partial charge in [0, 0.05) is 12.4 Å². The van der Waals surface area contributed by atoms with Gasteiger partial charge in [0.2, 0.25) is 0 Å². The van der Waals surface area contributed by atoms with Gasteiger partial charge in [0.05, 0.1) is 11.4 Å². The number of hydrogen-bond donors (Lipinski definition) is 1. The number of nitrogens with zero attached hydrogens (tertiary/aromatic N) is 3. The lowest BCUT2D eigenvalue weighted by Crippen LogP contribution is -2.31. The van der Waals surface area contributed by atoms with Gasteiger partial charge in [-0.15, -0.1) is 0 Å². The Hall–Kier alpha value is -1.88. The topological polar surface area (TPSA) is 52.9 Å². The summed E-state index contributed by atoms with van der Waals surface area (Å²) in [7, 11) is 0. The van der Waals surface area contributed by atoms with Gasteiger partial charge >= 0.3 is 0 Å². The predicted octanol–water partition coefficient (Wildman–Crippen LogP) is 2.70. The Kier molecular flexibility index (Phi) is 2.53. The zero-order valence-corrected chi connectivity index (χ0v) is 9.81. The first-order chi connectivity index (χ1) is 8.36. The maximum absolute atomic E-state index is 8.05. The maximum Gasteiger partial charge on any atom is 0.138 e. The van der Waals surface area contributed by atoms with Gasteiger partial charge in [-0.1, -0.05) is 17.8 Å². The van der Waals surface area contributed by atoms with Gasteiger partial charge in [-0.3, -0.25) is 10.3 Å². The van der Waals surface area contributed by atoms with Gasteiger partial charge in [0.1, 0.15) is 16.7 Å². The number of thioether (sulfide) groups is 1. The van der Waals surface area contributed by atoms with Crippen molar-refractivity contribution in [3.8, 4) is 0 Å². The standard InChI is InChI=1S/C12H10N4S/c13-10-8-17-12-9(4-3-7-15-12)16(10)11-5-1-2-6-14-11/h1-7,13H,8H2. The van der Waals surface area contributed by atoms with E-state index in [-0.39, 0.29) is 0 Å². The van der Waals surface area contributed by atoms with E-state index in [2.05, 4.69) is 9.97 Å². The molecule has 3 heterocycles. The molecule has 3 rings (SSSR count). The van der Waals surface area contributed by atoms with Crippen LogP contribution in [0.15, 0.2) is 47.8 Å². The zero-order valence-electron chi connectivity index (χ0n) is 9.00. The highest BCUT2D eigenvalue weighted by molar-refractivity contribution is 8.00. The zero-order chi connectivity index (χ0) is 11.7. The van der Waals surface area contributed by atoms with Crippen molar-refractivity contribution in [2.45, 2.75) is 5.03 Å². The van der Waals surface area contributed by atoms with E-state index >= 15 is 0 Å². The van der Waals surface area contributed by atoms with Crippen LogP contribution in [-0.2, 0) is 0 Å². The highest BCUT2D eigenvalue weighted by Crippen LogP contribution is 2.36. The van der Waals surface area contributed by atoms with Crippen molar-refractivity contribution in [2.75, 3.05) is 10.7 Å². The van der Waals surface area contributed by atoms with Gasteiger partial charge in [0.25, 0.3) is 0 Å². The molecule has 1 aliphatic heterocycles. The summed E-state index contributed by atoms with van der Waals surface area (Å²) in [5.74, 6) is 1.93. The molecule has 84 valence electrons. The minimum atomic E-state index is 0.536. The van der Waals surface area contributed by atoms with Crippen LogP contribution >= 0.6 is 11.8 Å². The smallest absolute Gasteiger partial charge is 0.138 e. The molecular weight excluding hydrogens is 232 g/mol. The summed E-state index contributed by atoms with van der Waals surface area (Å²) in [5, 5.41) is 9.00. The second kappa shape index (κ2) is 4.18. The van der Waals surface area contributed by atoms with Crippen LogP contribution in [0.1, 0.15) is 0 Å². The molecule has 0 saturated carbocycles. The van der Waals surface area contributed by atoms with E-state index in [0.717, 1.165) is 16.5 Å². The molecule has 1 N–H and O–H groups in total. The summed E-state index contributed by atoms with van der Waals surface area (Å²) in [6, 6.07) is 9.55. The van der Waals surface area contributed by atoms with Crippen LogP contribution < -0.4 is 4.90 Å². The van der Waals surface area contributed by atoms with Crippen molar-refractivity contribution in [2.24, 2.45) is 0 Å². The maximum atomic E-state index is 8.05. The lowest BCUT2D eigenvalue weighted by molar-refractivity contribution is 1.07. The molecule has 5 heteroatoms. The fourth-order valence-corrected chi connectivity index (χ4v) is 2.60. The summed E-state index contributed by atoms with van der Waals surface area (Å²) < 4.78 is 0. The normalized spacial score (nSPS) is 14.6. The van der Waals surface area contributed by atoms with Crippen LogP contribution in [-0.4, -0.2) is 21.6 Å². The number of amidine groups is 1. The molecule has 2 aromatic heterocycles. The van der Waals surface area contributed by atoms with Crippen LogP contribution in [0, 0.1) is 5.41 Å². The van der Waals surface area contributed by atoms with E-state index in [1.165, 1.54) is 0 Å². The van der Waals surface area contributed by atoms with E-state index < -0.39 is 0 Å². The largest absolute Gasteiger partial charge is 0.287 e. The number of aromatic nitrogens is 2. The summed E-state index contributed by atoms with van der Waals surface area (Å²) >= 11 is 1.59.